The average molecular weight is 205 g/mol. The monoisotopic (exact) mass is 205 g/mol. The maximum atomic E-state index is 5.22. The molecule has 1 aromatic rings. The summed E-state index contributed by atoms with van der Waals surface area (Å²) in [4.78, 5) is 0. The topological polar surface area (TPSA) is 30.5 Å². The molecule has 0 bridgehead atoms. The van der Waals surface area contributed by atoms with Crippen LogP contribution in [0.2, 0.25) is 0 Å². The molecule has 3 heteroatoms. The van der Waals surface area contributed by atoms with Crippen molar-refractivity contribution in [3.05, 3.63) is 23.8 Å². The van der Waals surface area contributed by atoms with Gasteiger partial charge in [0.25, 0.3) is 0 Å². The van der Waals surface area contributed by atoms with Crippen LogP contribution in [-0.4, -0.2) is 27.8 Å². The second-order valence-electron chi connectivity index (χ2n) is 2.87. The molecule has 0 radical (unpaired) electrons. The first-order valence-corrected chi connectivity index (χ1v) is 4.68. The molecule has 1 N–H and O–H groups in total. The predicted molar refractivity (Wildman–Crippen MR) is 60.4 cm³/mol. The fourth-order valence-electron chi connectivity index (χ4n) is 1.20. The minimum Gasteiger partial charge on any atom is -0.495 e. The van der Waals surface area contributed by atoms with Crippen molar-refractivity contribution >= 4 is 0 Å². The third kappa shape index (κ3) is 2.90. The van der Waals surface area contributed by atoms with Crippen LogP contribution >= 0.6 is 0 Å². The Balaban J connectivity index is 3.07. The van der Waals surface area contributed by atoms with Crippen LogP contribution in [0.25, 0.3) is 0 Å². The third-order valence-electron chi connectivity index (χ3n) is 1.91. The first kappa shape index (κ1) is 11.4. The van der Waals surface area contributed by atoms with Crippen LogP contribution in [0.1, 0.15) is 5.56 Å². The minimum absolute atomic E-state index is 0.640. The van der Waals surface area contributed by atoms with E-state index in [0.29, 0.717) is 6.54 Å². The highest BCUT2D eigenvalue weighted by Gasteiger charge is 2.05. The molecule has 0 unspecified atom stereocenters. The lowest BCUT2D eigenvalue weighted by Gasteiger charge is -2.07. The summed E-state index contributed by atoms with van der Waals surface area (Å²) in [6, 6.07) is 5.61. The van der Waals surface area contributed by atoms with Crippen LogP contribution < -0.4 is 14.8 Å². The highest BCUT2D eigenvalue weighted by Crippen LogP contribution is 2.26. The summed E-state index contributed by atoms with van der Waals surface area (Å²) in [6.45, 7) is 0.640. The molecule has 0 aromatic heterocycles. The van der Waals surface area contributed by atoms with E-state index in [1.165, 1.54) is 0 Å². The highest BCUT2D eigenvalue weighted by molar-refractivity contribution is 5.55. The molecule has 0 aliphatic carbocycles. The minimum atomic E-state index is 0.640. The van der Waals surface area contributed by atoms with E-state index in [1.807, 2.05) is 25.2 Å². The number of hydrogen-bond acceptors (Lipinski definition) is 3. The summed E-state index contributed by atoms with van der Waals surface area (Å²) in [5, 5.41) is 2.96. The summed E-state index contributed by atoms with van der Waals surface area (Å²) < 4.78 is 10.4. The molecule has 0 saturated carbocycles. The van der Waals surface area contributed by atoms with Gasteiger partial charge in [-0.3, -0.25) is 0 Å². The molecule has 3 nitrogen and oxygen atoms in total. The predicted octanol–water partition coefficient (Wildman–Crippen LogP) is 1.27. The molecular weight excluding hydrogens is 190 g/mol. The maximum absolute atomic E-state index is 5.22. The van der Waals surface area contributed by atoms with E-state index >= 15 is 0 Å². The molecule has 80 valence electrons. The zero-order valence-corrected chi connectivity index (χ0v) is 9.26. The zero-order chi connectivity index (χ0) is 11.1. The summed E-state index contributed by atoms with van der Waals surface area (Å²) in [6.07, 6.45) is 0. The van der Waals surface area contributed by atoms with Crippen molar-refractivity contribution in [3.63, 3.8) is 0 Å². The van der Waals surface area contributed by atoms with Gasteiger partial charge in [-0.15, -0.1) is 0 Å². The molecule has 1 aromatic carbocycles. The van der Waals surface area contributed by atoms with Gasteiger partial charge in [-0.1, -0.05) is 17.9 Å². The Morgan fingerprint density at radius 2 is 1.80 bits per heavy atom. The van der Waals surface area contributed by atoms with Crippen LogP contribution in [-0.2, 0) is 0 Å². The van der Waals surface area contributed by atoms with Crippen molar-refractivity contribution < 1.29 is 9.47 Å². The maximum Gasteiger partial charge on any atom is 0.138 e. The SMILES string of the molecule is CNCC#Cc1c(OC)cccc1OC. The summed E-state index contributed by atoms with van der Waals surface area (Å²) in [5.74, 6) is 7.47. The molecule has 0 amide bonds. The van der Waals surface area contributed by atoms with Crippen molar-refractivity contribution in [3.8, 4) is 23.3 Å². The van der Waals surface area contributed by atoms with Crippen LogP contribution in [0, 0.1) is 11.8 Å². The van der Waals surface area contributed by atoms with Gasteiger partial charge in [0.1, 0.15) is 17.1 Å². The Labute approximate surface area is 90.4 Å². The van der Waals surface area contributed by atoms with Gasteiger partial charge in [-0.2, -0.15) is 0 Å². The van der Waals surface area contributed by atoms with Crippen LogP contribution in [0.3, 0.4) is 0 Å². The lowest BCUT2D eigenvalue weighted by atomic mass is 10.2. The Morgan fingerprint density at radius 1 is 1.20 bits per heavy atom. The fraction of sp³-hybridized carbons (Fsp3) is 0.333. The molecule has 0 aliphatic heterocycles. The Hall–Kier alpha value is -1.66. The number of benzene rings is 1. The lowest BCUT2D eigenvalue weighted by molar-refractivity contribution is 0.392. The van der Waals surface area contributed by atoms with Crippen molar-refractivity contribution in [2.75, 3.05) is 27.8 Å². The summed E-state index contributed by atoms with van der Waals surface area (Å²) >= 11 is 0. The molecule has 0 aliphatic rings. The molecule has 0 heterocycles. The number of methoxy groups -OCH3 is 2. The van der Waals surface area contributed by atoms with Gasteiger partial charge in [-0.25, -0.2) is 0 Å². The third-order valence-corrected chi connectivity index (χ3v) is 1.91. The van der Waals surface area contributed by atoms with Crippen LogP contribution in [0.15, 0.2) is 18.2 Å². The van der Waals surface area contributed by atoms with E-state index in [9.17, 15) is 0 Å². The Bertz CT molecular complexity index is 355. The van der Waals surface area contributed by atoms with E-state index in [-0.39, 0.29) is 0 Å². The number of rotatable bonds is 3. The Kier molecular flexibility index (Phi) is 4.52. The largest absolute Gasteiger partial charge is 0.495 e. The van der Waals surface area contributed by atoms with Crippen molar-refractivity contribution in [2.24, 2.45) is 0 Å². The van der Waals surface area contributed by atoms with Crippen molar-refractivity contribution in [1.29, 1.82) is 0 Å². The number of nitrogens with one attached hydrogen (secondary N) is 1. The van der Waals surface area contributed by atoms with E-state index in [0.717, 1.165) is 17.1 Å². The molecule has 0 fully saturated rings. The van der Waals surface area contributed by atoms with E-state index in [4.69, 9.17) is 9.47 Å². The van der Waals surface area contributed by atoms with E-state index < -0.39 is 0 Å². The molecule has 0 atom stereocenters. The molecular formula is C12H15NO2. The van der Waals surface area contributed by atoms with Gasteiger partial charge in [0, 0.05) is 0 Å². The van der Waals surface area contributed by atoms with E-state index in [1.54, 1.807) is 14.2 Å². The van der Waals surface area contributed by atoms with Gasteiger partial charge in [0.15, 0.2) is 0 Å². The van der Waals surface area contributed by atoms with Crippen molar-refractivity contribution in [2.45, 2.75) is 0 Å². The lowest BCUT2D eigenvalue weighted by Crippen LogP contribution is -2.04. The normalized spacial score (nSPS) is 9.00. The highest BCUT2D eigenvalue weighted by atomic mass is 16.5. The zero-order valence-electron chi connectivity index (χ0n) is 9.26. The molecule has 0 spiro atoms. The standard InChI is InChI=1S/C12H15NO2/c1-13-9-5-6-10-11(14-2)7-4-8-12(10)15-3/h4,7-8,13H,9H2,1-3H3. The second-order valence-corrected chi connectivity index (χ2v) is 2.87. The summed E-state index contributed by atoms with van der Waals surface area (Å²) in [5.41, 5.74) is 0.790. The van der Waals surface area contributed by atoms with Crippen LogP contribution in [0.4, 0.5) is 0 Å². The van der Waals surface area contributed by atoms with Gasteiger partial charge in [-0.05, 0) is 19.2 Å². The summed E-state index contributed by atoms with van der Waals surface area (Å²) in [7, 11) is 5.10. The second kappa shape index (κ2) is 5.94. The van der Waals surface area contributed by atoms with Gasteiger partial charge < -0.3 is 14.8 Å². The van der Waals surface area contributed by atoms with Crippen LogP contribution in [0.5, 0.6) is 11.5 Å². The smallest absolute Gasteiger partial charge is 0.138 e. The average Bonchev–Trinajstić information content (AvgIpc) is 2.29. The Morgan fingerprint density at radius 3 is 2.27 bits per heavy atom. The van der Waals surface area contributed by atoms with Gasteiger partial charge in [0.05, 0.1) is 20.8 Å². The first-order valence-electron chi connectivity index (χ1n) is 4.68. The number of ether oxygens (including phenoxy) is 2. The fourth-order valence-corrected chi connectivity index (χ4v) is 1.20. The van der Waals surface area contributed by atoms with E-state index in [2.05, 4.69) is 17.2 Å². The van der Waals surface area contributed by atoms with Gasteiger partial charge in [0.2, 0.25) is 0 Å². The molecule has 15 heavy (non-hydrogen) atoms. The first-order chi connectivity index (χ1) is 7.33. The molecule has 0 saturated heterocycles. The number of hydrogen-bond donors (Lipinski definition) is 1. The molecule has 1 rings (SSSR count). The van der Waals surface area contributed by atoms with Gasteiger partial charge >= 0.3 is 0 Å². The quantitative estimate of drug-likeness (QED) is 0.754. The van der Waals surface area contributed by atoms with Crippen molar-refractivity contribution in [1.82, 2.24) is 5.32 Å².